The third kappa shape index (κ3) is 3.52. The van der Waals surface area contributed by atoms with Gasteiger partial charge in [-0.05, 0) is 19.1 Å². The summed E-state index contributed by atoms with van der Waals surface area (Å²) >= 11 is 0. The van der Waals surface area contributed by atoms with Crippen LogP contribution in [0.15, 0.2) is 29.2 Å². The van der Waals surface area contributed by atoms with Crippen LogP contribution in [0.5, 0.6) is 0 Å². The van der Waals surface area contributed by atoms with Crippen molar-refractivity contribution in [3.05, 3.63) is 29.8 Å². The van der Waals surface area contributed by atoms with E-state index in [1.54, 1.807) is 0 Å². The van der Waals surface area contributed by atoms with Gasteiger partial charge in [0, 0.05) is 6.54 Å². The highest BCUT2D eigenvalue weighted by atomic mass is 32.2. The summed E-state index contributed by atoms with van der Waals surface area (Å²) in [5.74, 6) is -1.32. The minimum Gasteiger partial charge on any atom is -0.478 e. The fourth-order valence-corrected chi connectivity index (χ4v) is 2.50. The van der Waals surface area contributed by atoms with E-state index in [4.69, 9.17) is 10.2 Å². The summed E-state index contributed by atoms with van der Waals surface area (Å²) in [6.45, 7) is 1.25. The average molecular weight is 259 g/mol. The lowest BCUT2D eigenvalue weighted by molar-refractivity contribution is 0.0692. The number of aliphatic hydroxyl groups is 1. The Kier molecular flexibility index (Phi) is 4.22. The van der Waals surface area contributed by atoms with Gasteiger partial charge < -0.3 is 10.2 Å². The topological polar surface area (TPSA) is 104 Å². The lowest BCUT2D eigenvalue weighted by Crippen LogP contribution is -2.31. The van der Waals surface area contributed by atoms with Crippen LogP contribution in [-0.4, -0.2) is 37.2 Å². The van der Waals surface area contributed by atoms with Crippen LogP contribution < -0.4 is 4.72 Å². The number of carboxylic acid groups (broad SMARTS) is 1. The van der Waals surface area contributed by atoms with E-state index in [0.717, 1.165) is 0 Å². The molecule has 0 unspecified atom stereocenters. The minimum atomic E-state index is -3.92. The average Bonchev–Trinajstić information content (AvgIpc) is 2.26. The molecule has 0 aromatic heterocycles. The van der Waals surface area contributed by atoms with E-state index in [1.165, 1.54) is 31.2 Å². The van der Waals surface area contributed by atoms with E-state index in [0.29, 0.717) is 0 Å². The lowest BCUT2D eigenvalue weighted by atomic mass is 10.2. The van der Waals surface area contributed by atoms with Gasteiger partial charge in [-0.3, -0.25) is 0 Å². The van der Waals surface area contributed by atoms with Crippen molar-refractivity contribution in [2.24, 2.45) is 0 Å². The molecule has 3 N–H and O–H groups in total. The predicted octanol–water partition coefficient (Wildman–Crippen LogP) is 0.0439. The third-order valence-electron chi connectivity index (χ3n) is 1.98. The summed E-state index contributed by atoms with van der Waals surface area (Å²) in [4.78, 5) is 10.6. The summed E-state index contributed by atoms with van der Waals surface area (Å²) in [5.41, 5.74) is -0.300. The molecule has 1 atom stereocenters. The van der Waals surface area contributed by atoms with Crippen LogP contribution in [-0.2, 0) is 10.0 Å². The molecule has 1 aromatic rings. The van der Waals surface area contributed by atoms with Crippen LogP contribution in [0, 0.1) is 0 Å². The number of benzene rings is 1. The number of nitrogens with one attached hydrogen (secondary N) is 1. The molecule has 0 amide bonds. The lowest BCUT2D eigenvalue weighted by Gasteiger charge is -2.10. The first-order valence-corrected chi connectivity index (χ1v) is 6.33. The molecule has 0 fully saturated rings. The first-order chi connectivity index (χ1) is 7.84. The van der Waals surface area contributed by atoms with Gasteiger partial charge >= 0.3 is 5.97 Å². The molecular formula is C10H13NO5S. The van der Waals surface area contributed by atoms with Crippen molar-refractivity contribution in [1.82, 2.24) is 4.72 Å². The van der Waals surface area contributed by atoms with Crippen molar-refractivity contribution >= 4 is 16.0 Å². The van der Waals surface area contributed by atoms with Crippen molar-refractivity contribution in [2.45, 2.75) is 17.9 Å². The molecule has 0 saturated carbocycles. The Morgan fingerprint density at radius 1 is 1.41 bits per heavy atom. The SMILES string of the molecule is C[C@@H](O)CNS(=O)(=O)c1ccccc1C(=O)O. The van der Waals surface area contributed by atoms with Crippen molar-refractivity contribution < 1.29 is 23.4 Å². The molecule has 0 saturated heterocycles. The first kappa shape index (κ1) is 13.6. The molecule has 0 heterocycles. The maximum absolute atomic E-state index is 11.8. The van der Waals surface area contributed by atoms with Crippen LogP contribution in [0.2, 0.25) is 0 Å². The van der Waals surface area contributed by atoms with Crippen LogP contribution in [0.1, 0.15) is 17.3 Å². The predicted molar refractivity (Wildman–Crippen MR) is 60.3 cm³/mol. The number of carboxylic acids is 1. The van der Waals surface area contributed by atoms with Crippen LogP contribution in [0.3, 0.4) is 0 Å². The van der Waals surface area contributed by atoms with E-state index in [1.807, 2.05) is 0 Å². The van der Waals surface area contributed by atoms with E-state index in [-0.39, 0.29) is 17.0 Å². The third-order valence-corrected chi connectivity index (χ3v) is 3.46. The maximum Gasteiger partial charge on any atom is 0.337 e. The van der Waals surface area contributed by atoms with E-state index >= 15 is 0 Å². The molecule has 94 valence electrons. The van der Waals surface area contributed by atoms with Gasteiger partial charge in [-0.25, -0.2) is 17.9 Å². The van der Waals surface area contributed by atoms with Crippen molar-refractivity contribution in [3.63, 3.8) is 0 Å². The summed E-state index contributed by atoms with van der Waals surface area (Å²) in [6, 6.07) is 5.29. The highest BCUT2D eigenvalue weighted by Crippen LogP contribution is 2.14. The summed E-state index contributed by atoms with van der Waals surface area (Å²) < 4.78 is 25.7. The van der Waals surface area contributed by atoms with Crippen molar-refractivity contribution in [1.29, 1.82) is 0 Å². The second-order valence-electron chi connectivity index (χ2n) is 3.50. The second-order valence-corrected chi connectivity index (χ2v) is 5.24. The Balaban J connectivity index is 3.11. The largest absolute Gasteiger partial charge is 0.478 e. The molecule has 1 aromatic carbocycles. The van der Waals surface area contributed by atoms with E-state index in [9.17, 15) is 13.2 Å². The molecule has 0 bridgehead atoms. The van der Waals surface area contributed by atoms with E-state index in [2.05, 4.69) is 4.72 Å². The van der Waals surface area contributed by atoms with Gasteiger partial charge in [0.25, 0.3) is 0 Å². The quantitative estimate of drug-likeness (QED) is 0.693. The second kappa shape index (κ2) is 5.26. The van der Waals surface area contributed by atoms with Crippen LogP contribution >= 0.6 is 0 Å². The van der Waals surface area contributed by atoms with Gasteiger partial charge in [0.15, 0.2) is 0 Å². The molecule has 17 heavy (non-hydrogen) atoms. The number of aromatic carboxylic acids is 1. The Labute approximate surface area is 99.0 Å². The summed E-state index contributed by atoms with van der Waals surface area (Å²) in [7, 11) is -3.92. The Morgan fingerprint density at radius 2 is 2.00 bits per heavy atom. The number of sulfonamides is 1. The van der Waals surface area contributed by atoms with Crippen LogP contribution in [0.4, 0.5) is 0 Å². The maximum atomic E-state index is 11.8. The zero-order valence-electron chi connectivity index (χ0n) is 9.12. The highest BCUT2D eigenvalue weighted by Gasteiger charge is 2.21. The molecule has 0 spiro atoms. The van der Waals surface area contributed by atoms with Crippen LogP contribution in [0.25, 0.3) is 0 Å². The van der Waals surface area contributed by atoms with Gasteiger partial charge in [0.05, 0.1) is 16.6 Å². The van der Waals surface area contributed by atoms with Gasteiger partial charge in [-0.15, -0.1) is 0 Å². The molecule has 0 aliphatic rings. The zero-order valence-corrected chi connectivity index (χ0v) is 9.94. The Morgan fingerprint density at radius 3 is 2.53 bits per heavy atom. The molecule has 7 heteroatoms. The molecule has 6 nitrogen and oxygen atoms in total. The number of hydrogen-bond donors (Lipinski definition) is 3. The van der Waals surface area contributed by atoms with Gasteiger partial charge in [0.1, 0.15) is 0 Å². The number of aliphatic hydroxyl groups excluding tert-OH is 1. The summed E-state index contributed by atoms with van der Waals surface area (Å²) in [5, 5.41) is 17.9. The summed E-state index contributed by atoms with van der Waals surface area (Å²) in [6.07, 6.45) is -0.846. The monoisotopic (exact) mass is 259 g/mol. The van der Waals surface area contributed by atoms with Gasteiger partial charge in [-0.1, -0.05) is 12.1 Å². The Bertz CT molecular complexity index is 509. The Hall–Kier alpha value is -1.44. The number of carbonyl (C=O) groups is 1. The highest BCUT2D eigenvalue weighted by molar-refractivity contribution is 7.89. The number of hydrogen-bond acceptors (Lipinski definition) is 4. The molecule has 1 rings (SSSR count). The normalized spacial score (nSPS) is 13.3. The zero-order chi connectivity index (χ0) is 13.1. The number of rotatable bonds is 5. The fourth-order valence-electron chi connectivity index (χ4n) is 1.19. The molecular weight excluding hydrogens is 246 g/mol. The fraction of sp³-hybridized carbons (Fsp3) is 0.300. The van der Waals surface area contributed by atoms with Gasteiger partial charge in [0.2, 0.25) is 10.0 Å². The molecule has 0 aliphatic heterocycles. The smallest absolute Gasteiger partial charge is 0.337 e. The standard InChI is InChI=1S/C10H13NO5S/c1-7(12)6-11-17(15,16)9-5-3-2-4-8(9)10(13)14/h2-5,7,11-12H,6H2,1H3,(H,13,14)/t7-/m1/s1. The first-order valence-electron chi connectivity index (χ1n) is 4.84. The van der Waals surface area contributed by atoms with Crippen molar-refractivity contribution in [2.75, 3.05) is 6.54 Å². The molecule has 0 aliphatic carbocycles. The molecule has 0 radical (unpaired) electrons. The van der Waals surface area contributed by atoms with Gasteiger partial charge in [-0.2, -0.15) is 0 Å². The van der Waals surface area contributed by atoms with Crippen molar-refractivity contribution in [3.8, 4) is 0 Å². The minimum absolute atomic E-state index is 0.170. The van der Waals surface area contributed by atoms with E-state index < -0.39 is 22.1 Å².